The van der Waals surface area contributed by atoms with Crippen LogP contribution in [0.5, 0.6) is 11.6 Å². The van der Waals surface area contributed by atoms with Crippen LogP contribution in [0.25, 0.3) is 0 Å². The van der Waals surface area contributed by atoms with Crippen LogP contribution in [-0.2, 0) is 17.8 Å². The summed E-state index contributed by atoms with van der Waals surface area (Å²) in [5, 5.41) is 6.67. The number of hydrogen-bond donors (Lipinski definition) is 2. The zero-order valence-corrected chi connectivity index (χ0v) is 18.8. The fraction of sp³-hybridized carbons (Fsp3) is 0.500. The molecule has 2 aromatic rings. The van der Waals surface area contributed by atoms with Gasteiger partial charge in [0, 0.05) is 44.6 Å². The highest BCUT2D eigenvalue weighted by Gasteiger charge is 2.22. The van der Waals surface area contributed by atoms with Gasteiger partial charge in [0.1, 0.15) is 12.4 Å². The zero-order chi connectivity index (χ0) is 21.9. The van der Waals surface area contributed by atoms with Gasteiger partial charge in [-0.05, 0) is 49.8 Å². The van der Waals surface area contributed by atoms with Crippen molar-refractivity contribution in [2.24, 2.45) is 10.9 Å². The van der Waals surface area contributed by atoms with Crippen LogP contribution in [0.15, 0.2) is 41.5 Å². The minimum absolute atomic E-state index is 0.532. The number of rotatable bonds is 12. The van der Waals surface area contributed by atoms with Crippen molar-refractivity contribution in [1.82, 2.24) is 15.6 Å². The summed E-state index contributed by atoms with van der Waals surface area (Å²) >= 11 is 0. The molecule has 0 bridgehead atoms. The molecule has 1 fully saturated rings. The molecule has 1 aliphatic rings. The largest absolute Gasteiger partial charge is 0.491 e. The number of nitrogens with one attached hydrogen (secondary N) is 2. The van der Waals surface area contributed by atoms with E-state index in [9.17, 15) is 0 Å². The Kier molecular flexibility index (Phi) is 8.97. The summed E-state index contributed by atoms with van der Waals surface area (Å²) in [6.07, 6.45) is 4.39. The number of guanidine groups is 1. The topological polar surface area (TPSA) is 77.0 Å². The molecule has 0 saturated heterocycles. The number of benzene rings is 1. The molecule has 7 nitrogen and oxygen atoms in total. The Morgan fingerprint density at radius 3 is 2.65 bits per heavy atom. The van der Waals surface area contributed by atoms with Crippen molar-refractivity contribution in [2.75, 3.05) is 33.5 Å². The van der Waals surface area contributed by atoms with Gasteiger partial charge >= 0.3 is 0 Å². The summed E-state index contributed by atoms with van der Waals surface area (Å²) in [6, 6.07) is 10.2. The maximum atomic E-state index is 5.92. The number of pyridine rings is 1. The standard InChI is InChI=1S/C24H34N4O3/c1-4-29-11-12-30-22-13-18(2)5-9-21(22)16-28-24(25-3)27-15-20-8-10-23(26-14-20)31-17-19-6-7-19/h5,8-10,13-14,19H,4,6-7,11-12,15-17H2,1-3H3,(H2,25,27,28). The van der Waals surface area contributed by atoms with Gasteiger partial charge in [-0.25, -0.2) is 4.98 Å². The molecule has 0 aliphatic heterocycles. The molecule has 31 heavy (non-hydrogen) atoms. The van der Waals surface area contributed by atoms with E-state index in [1.807, 2.05) is 25.3 Å². The normalized spacial score (nSPS) is 13.7. The van der Waals surface area contributed by atoms with E-state index in [1.165, 1.54) is 12.8 Å². The zero-order valence-electron chi connectivity index (χ0n) is 18.8. The number of nitrogens with zero attached hydrogens (tertiary/aromatic N) is 2. The summed E-state index contributed by atoms with van der Waals surface area (Å²) in [5.41, 5.74) is 3.30. The van der Waals surface area contributed by atoms with Crippen LogP contribution in [0.1, 0.15) is 36.5 Å². The lowest BCUT2D eigenvalue weighted by atomic mass is 10.1. The fourth-order valence-electron chi connectivity index (χ4n) is 2.97. The predicted octanol–water partition coefficient (Wildman–Crippen LogP) is 3.46. The first-order chi connectivity index (χ1) is 15.2. The number of hydrogen-bond acceptors (Lipinski definition) is 5. The Morgan fingerprint density at radius 2 is 1.94 bits per heavy atom. The molecule has 3 rings (SSSR count). The van der Waals surface area contributed by atoms with Gasteiger partial charge in [-0.1, -0.05) is 18.2 Å². The maximum absolute atomic E-state index is 5.92. The van der Waals surface area contributed by atoms with Crippen molar-refractivity contribution in [1.29, 1.82) is 0 Å². The van der Waals surface area contributed by atoms with Gasteiger partial charge in [0.15, 0.2) is 5.96 Å². The molecule has 168 valence electrons. The van der Waals surface area contributed by atoms with E-state index < -0.39 is 0 Å². The minimum Gasteiger partial charge on any atom is -0.491 e. The van der Waals surface area contributed by atoms with Crippen LogP contribution in [0.4, 0.5) is 0 Å². The van der Waals surface area contributed by atoms with Crippen LogP contribution in [0.2, 0.25) is 0 Å². The number of ether oxygens (including phenoxy) is 3. The summed E-state index contributed by atoms with van der Waals surface area (Å²) in [4.78, 5) is 8.70. The smallest absolute Gasteiger partial charge is 0.213 e. The third kappa shape index (κ3) is 8.09. The van der Waals surface area contributed by atoms with E-state index in [1.54, 1.807) is 7.05 Å². The van der Waals surface area contributed by atoms with Crippen LogP contribution >= 0.6 is 0 Å². The van der Waals surface area contributed by atoms with Crippen LogP contribution in [0.3, 0.4) is 0 Å². The summed E-state index contributed by atoms with van der Waals surface area (Å²) in [5.74, 6) is 3.00. The predicted molar refractivity (Wildman–Crippen MR) is 123 cm³/mol. The molecule has 0 unspecified atom stereocenters. The van der Waals surface area contributed by atoms with Crippen LogP contribution < -0.4 is 20.1 Å². The number of aromatic nitrogens is 1. The van der Waals surface area contributed by atoms with Gasteiger partial charge in [0.2, 0.25) is 5.88 Å². The summed E-state index contributed by atoms with van der Waals surface area (Å²) in [7, 11) is 1.76. The summed E-state index contributed by atoms with van der Waals surface area (Å²) in [6.45, 7) is 7.86. The summed E-state index contributed by atoms with van der Waals surface area (Å²) < 4.78 is 17.0. The number of aliphatic imine (C=N–C) groups is 1. The Balaban J connectivity index is 1.46. The lowest BCUT2D eigenvalue weighted by molar-refractivity contribution is 0.110. The van der Waals surface area contributed by atoms with Crippen molar-refractivity contribution in [2.45, 2.75) is 39.8 Å². The third-order valence-corrected chi connectivity index (χ3v) is 5.00. The highest BCUT2D eigenvalue weighted by atomic mass is 16.5. The van der Waals surface area contributed by atoms with E-state index in [2.05, 4.69) is 45.7 Å². The maximum Gasteiger partial charge on any atom is 0.213 e. The molecular weight excluding hydrogens is 392 g/mol. The third-order valence-electron chi connectivity index (χ3n) is 5.00. The molecule has 0 amide bonds. The molecule has 1 heterocycles. The van der Waals surface area contributed by atoms with E-state index in [0.29, 0.717) is 38.8 Å². The number of aryl methyl sites for hydroxylation is 1. The van der Waals surface area contributed by atoms with E-state index >= 15 is 0 Å². The second kappa shape index (κ2) is 12.2. The average Bonchev–Trinajstić information content (AvgIpc) is 3.62. The molecule has 0 atom stereocenters. The van der Waals surface area contributed by atoms with E-state index in [-0.39, 0.29) is 0 Å². The van der Waals surface area contributed by atoms with Gasteiger partial charge < -0.3 is 24.8 Å². The first-order valence-electron chi connectivity index (χ1n) is 11.0. The Morgan fingerprint density at radius 1 is 1.10 bits per heavy atom. The molecule has 1 aromatic carbocycles. The van der Waals surface area contributed by atoms with E-state index in [0.717, 1.165) is 40.9 Å². The minimum atomic E-state index is 0.532. The second-order valence-electron chi connectivity index (χ2n) is 7.69. The molecule has 0 spiro atoms. The Labute approximate surface area is 185 Å². The molecule has 1 aliphatic carbocycles. The van der Waals surface area contributed by atoms with Crippen molar-refractivity contribution in [3.63, 3.8) is 0 Å². The Bertz CT molecular complexity index is 835. The second-order valence-corrected chi connectivity index (χ2v) is 7.69. The van der Waals surface area contributed by atoms with Crippen molar-refractivity contribution in [3.8, 4) is 11.6 Å². The molecule has 7 heteroatoms. The molecule has 1 saturated carbocycles. The van der Waals surface area contributed by atoms with Gasteiger partial charge in [-0.15, -0.1) is 0 Å². The van der Waals surface area contributed by atoms with Crippen LogP contribution in [0, 0.1) is 12.8 Å². The fourth-order valence-corrected chi connectivity index (χ4v) is 2.97. The molecule has 2 N–H and O–H groups in total. The lowest BCUT2D eigenvalue weighted by Crippen LogP contribution is -2.36. The average molecular weight is 427 g/mol. The highest BCUT2D eigenvalue weighted by molar-refractivity contribution is 5.79. The van der Waals surface area contributed by atoms with Gasteiger partial charge in [-0.3, -0.25) is 4.99 Å². The highest BCUT2D eigenvalue weighted by Crippen LogP contribution is 2.29. The first kappa shape index (κ1) is 22.9. The van der Waals surface area contributed by atoms with E-state index in [4.69, 9.17) is 14.2 Å². The Hall–Kier alpha value is -2.80. The lowest BCUT2D eigenvalue weighted by Gasteiger charge is -2.15. The SMILES string of the molecule is CCOCCOc1cc(C)ccc1CNC(=NC)NCc1ccc(OCC2CC2)nc1. The van der Waals surface area contributed by atoms with Crippen molar-refractivity contribution >= 4 is 5.96 Å². The molecular formula is C24H34N4O3. The van der Waals surface area contributed by atoms with Gasteiger partial charge in [0.25, 0.3) is 0 Å². The molecule has 1 aromatic heterocycles. The quantitative estimate of drug-likeness (QED) is 0.308. The van der Waals surface area contributed by atoms with Gasteiger partial charge in [0.05, 0.1) is 13.2 Å². The van der Waals surface area contributed by atoms with Gasteiger partial charge in [-0.2, -0.15) is 0 Å². The first-order valence-corrected chi connectivity index (χ1v) is 11.0. The molecule has 0 radical (unpaired) electrons. The monoisotopic (exact) mass is 426 g/mol. The van der Waals surface area contributed by atoms with Crippen LogP contribution in [-0.4, -0.2) is 44.4 Å². The van der Waals surface area contributed by atoms with Crippen molar-refractivity contribution in [3.05, 3.63) is 53.2 Å². The van der Waals surface area contributed by atoms with Crippen molar-refractivity contribution < 1.29 is 14.2 Å².